The molecule has 3 amide bonds. The number of fused-ring (bicyclic) bond motifs is 1. The molecule has 26 heavy (non-hydrogen) atoms. The topological polar surface area (TPSA) is 92.3 Å². The van der Waals surface area contributed by atoms with Crippen molar-refractivity contribution in [1.29, 1.82) is 0 Å². The van der Waals surface area contributed by atoms with Gasteiger partial charge in [-0.05, 0) is 24.5 Å². The van der Waals surface area contributed by atoms with Crippen LogP contribution in [0.3, 0.4) is 0 Å². The second-order valence-electron chi connectivity index (χ2n) is 6.20. The van der Waals surface area contributed by atoms with E-state index in [1.807, 2.05) is 20.8 Å². The van der Waals surface area contributed by atoms with Gasteiger partial charge in [0.25, 0.3) is 11.8 Å². The molecule has 1 aromatic heterocycles. The van der Waals surface area contributed by atoms with E-state index in [2.05, 4.69) is 15.5 Å². The molecule has 8 heteroatoms. The fourth-order valence-electron chi connectivity index (χ4n) is 2.94. The standard InChI is InChI=1S/C18H20N4O3S/c1-4-10(3)14(15(23)19-18-21-20-13(5-2)26-18)22-16(24)11-8-6-7-9-12(11)17(22)25/h6-10,14H,4-5H2,1-3H3,(H,19,21,23)/t10-,14-/m1/s1. The van der Waals surface area contributed by atoms with Gasteiger partial charge in [0.05, 0.1) is 11.1 Å². The Kier molecular flexibility index (Phi) is 5.13. The van der Waals surface area contributed by atoms with Crippen LogP contribution in [0.25, 0.3) is 0 Å². The van der Waals surface area contributed by atoms with Crippen LogP contribution in [0.4, 0.5) is 5.13 Å². The summed E-state index contributed by atoms with van der Waals surface area (Å²) >= 11 is 1.29. The second kappa shape index (κ2) is 7.33. The number of anilines is 1. The van der Waals surface area contributed by atoms with E-state index in [1.165, 1.54) is 11.3 Å². The molecule has 2 heterocycles. The van der Waals surface area contributed by atoms with Crippen LogP contribution in [0.2, 0.25) is 0 Å². The van der Waals surface area contributed by atoms with Crippen LogP contribution in [0.5, 0.6) is 0 Å². The monoisotopic (exact) mass is 372 g/mol. The Morgan fingerprint density at radius 1 is 1.15 bits per heavy atom. The van der Waals surface area contributed by atoms with Crippen LogP contribution in [0.1, 0.15) is 52.9 Å². The van der Waals surface area contributed by atoms with Gasteiger partial charge in [-0.1, -0.05) is 50.7 Å². The Labute approximate surface area is 155 Å². The SMILES string of the molecule is CCc1nnc(NC(=O)[C@@H]([C@H](C)CC)N2C(=O)c3ccccc3C2=O)s1. The number of aryl methyl sites for hydroxylation is 1. The van der Waals surface area contributed by atoms with Crippen LogP contribution < -0.4 is 5.32 Å². The number of rotatable bonds is 6. The fourth-order valence-corrected chi connectivity index (χ4v) is 3.62. The van der Waals surface area contributed by atoms with Gasteiger partial charge in [0, 0.05) is 0 Å². The summed E-state index contributed by atoms with van der Waals surface area (Å²) in [6.07, 6.45) is 1.36. The fraction of sp³-hybridized carbons (Fsp3) is 0.389. The largest absolute Gasteiger partial charge is 0.299 e. The Hall–Kier alpha value is -2.61. The number of carbonyl (C=O) groups is 3. The summed E-state index contributed by atoms with van der Waals surface area (Å²) in [6, 6.07) is 5.73. The van der Waals surface area contributed by atoms with Crippen LogP contribution >= 0.6 is 11.3 Å². The van der Waals surface area contributed by atoms with Gasteiger partial charge in [0.2, 0.25) is 11.0 Å². The van der Waals surface area contributed by atoms with Gasteiger partial charge in [-0.3, -0.25) is 24.6 Å². The third kappa shape index (κ3) is 3.12. The Balaban J connectivity index is 1.90. The van der Waals surface area contributed by atoms with Crippen molar-refractivity contribution in [2.24, 2.45) is 5.92 Å². The molecule has 0 radical (unpaired) electrons. The van der Waals surface area contributed by atoms with E-state index in [0.717, 1.165) is 16.3 Å². The molecule has 1 aliphatic rings. The van der Waals surface area contributed by atoms with E-state index in [-0.39, 0.29) is 5.92 Å². The number of hydrogen-bond acceptors (Lipinski definition) is 6. The lowest BCUT2D eigenvalue weighted by Gasteiger charge is -2.29. The molecular weight excluding hydrogens is 352 g/mol. The molecule has 136 valence electrons. The number of benzene rings is 1. The van der Waals surface area contributed by atoms with Crippen molar-refractivity contribution in [3.8, 4) is 0 Å². The van der Waals surface area contributed by atoms with E-state index >= 15 is 0 Å². The van der Waals surface area contributed by atoms with Crippen LogP contribution in [-0.2, 0) is 11.2 Å². The molecule has 0 bridgehead atoms. The molecule has 0 saturated carbocycles. The third-order valence-corrected chi connectivity index (χ3v) is 5.54. The van der Waals surface area contributed by atoms with Crippen LogP contribution in [0, 0.1) is 5.92 Å². The van der Waals surface area contributed by atoms with Gasteiger partial charge in [-0.2, -0.15) is 0 Å². The maximum Gasteiger partial charge on any atom is 0.262 e. The minimum atomic E-state index is -0.902. The zero-order valence-electron chi connectivity index (χ0n) is 14.9. The van der Waals surface area contributed by atoms with Crippen molar-refractivity contribution >= 4 is 34.2 Å². The zero-order valence-corrected chi connectivity index (χ0v) is 15.7. The lowest BCUT2D eigenvalue weighted by Crippen LogP contribution is -2.50. The highest BCUT2D eigenvalue weighted by Gasteiger charge is 2.44. The highest BCUT2D eigenvalue weighted by atomic mass is 32.1. The zero-order chi connectivity index (χ0) is 18.8. The summed E-state index contributed by atoms with van der Waals surface area (Å²) in [4.78, 5) is 39.6. The molecule has 0 fully saturated rings. The minimum Gasteiger partial charge on any atom is -0.299 e. The summed E-state index contributed by atoms with van der Waals surface area (Å²) < 4.78 is 0. The average molecular weight is 372 g/mol. The Morgan fingerprint density at radius 2 is 1.77 bits per heavy atom. The van der Waals surface area contributed by atoms with Crippen LogP contribution in [0.15, 0.2) is 24.3 Å². The molecule has 0 saturated heterocycles. The summed E-state index contributed by atoms with van der Waals surface area (Å²) in [7, 11) is 0. The Bertz CT molecular complexity index is 829. The number of carbonyl (C=O) groups excluding carboxylic acids is 3. The van der Waals surface area contributed by atoms with E-state index in [1.54, 1.807) is 24.3 Å². The summed E-state index contributed by atoms with van der Waals surface area (Å²) in [5, 5.41) is 11.8. The van der Waals surface area contributed by atoms with E-state index in [0.29, 0.717) is 22.7 Å². The normalized spacial score (nSPS) is 15.7. The van der Waals surface area contributed by atoms with E-state index in [4.69, 9.17) is 0 Å². The first-order valence-electron chi connectivity index (χ1n) is 8.58. The highest BCUT2D eigenvalue weighted by molar-refractivity contribution is 7.15. The summed E-state index contributed by atoms with van der Waals surface area (Å²) in [5.41, 5.74) is 0.672. The van der Waals surface area contributed by atoms with Crippen molar-refractivity contribution in [1.82, 2.24) is 15.1 Å². The van der Waals surface area contributed by atoms with Gasteiger partial charge in [0.15, 0.2) is 0 Å². The number of nitrogens with one attached hydrogen (secondary N) is 1. The van der Waals surface area contributed by atoms with Gasteiger partial charge in [0.1, 0.15) is 11.0 Å². The molecular formula is C18H20N4O3S. The lowest BCUT2D eigenvalue weighted by molar-refractivity contribution is -0.121. The molecule has 2 aromatic rings. The van der Waals surface area contributed by atoms with Gasteiger partial charge >= 0.3 is 0 Å². The van der Waals surface area contributed by atoms with Gasteiger partial charge in [-0.15, -0.1) is 10.2 Å². The molecule has 3 rings (SSSR count). The van der Waals surface area contributed by atoms with Crippen molar-refractivity contribution < 1.29 is 14.4 Å². The van der Waals surface area contributed by atoms with Gasteiger partial charge in [-0.25, -0.2) is 0 Å². The summed E-state index contributed by atoms with van der Waals surface area (Å²) in [6.45, 7) is 5.72. The predicted octanol–water partition coefficient (Wildman–Crippen LogP) is 2.75. The summed E-state index contributed by atoms with van der Waals surface area (Å²) in [5.74, 6) is -1.49. The van der Waals surface area contributed by atoms with Gasteiger partial charge < -0.3 is 0 Å². The molecule has 1 aromatic carbocycles. The molecule has 0 aliphatic carbocycles. The van der Waals surface area contributed by atoms with Crippen molar-refractivity contribution in [3.63, 3.8) is 0 Å². The number of hydrogen-bond donors (Lipinski definition) is 1. The number of aromatic nitrogens is 2. The first-order chi connectivity index (χ1) is 12.5. The molecule has 0 spiro atoms. The maximum absolute atomic E-state index is 12.9. The third-order valence-electron chi connectivity index (χ3n) is 4.55. The quantitative estimate of drug-likeness (QED) is 0.787. The highest BCUT2D eigenvalue weighted by Crippen LogP contribution is 2.29. The van der Waals surface area contributed by atoms with Crippen molar-refractivity contribution in [2.45, 2.75) is 39.7 Å². The average Bonchev–Trinajstić information content (AvgIpc) is 3.20. The van der Waals surface area contributed by atoms with E-state index < -0.39 is 23.8 Å². The van der Waals surface area contributed by atoms with E-state index in [9.17, 15) is 14.4 Å². The maximum atomic E-state index is 12.9. The Morgan fingerprint density at radius 3 is 2.27 bits per heavy atom. The first kappa shape index (κ1) is 18.2. The number of nitrogens with zero attached hydrogens (tertiary/aromatic N) is 3. The molecule has 7 nitrogen and oxygen atoms in total. The molecule has 2 atom stereocenters. The van der Waals surface area contributed by atoms with Crippen molar-refractivity contribution in [3.05, 3.63) is 40.4 Å². The molecule has 1 N–H and O–H groups in total. The number of imide groups is 1. The number of amides is 3. The molecule has 0 unspecified atom stereocenters. The smallest absolute Gasteiger partial charge is 0.262 e. The van der Waals surface area contributed by atoms with Crippen LogP contribution in [-0.4, -0.2) is 38.9 Å². The van der Waals surface area contributed by atoms with Crippen molar-refractivity contribution in [2.75, 3.05) is 5.32 Å². The molecule has 1 aliphatic heterocycles. The predicted molar refractivity (Wildman–Crippen MR) is 98.1 cm³/mol. The minimum absolute atomic E-state index is 0.198. The first-order valence-corrected chi connectivity index (χ1v) is 9.39. The lowest BCUT2D eigenvalue weighted by atomic mass is 9.96. The second-order valence-corrected chi connectivity index (χ2v) is 7.26.